The van der Waals surface area contributed by atoms with Crippen molar-refractivity contribution in [1.29, 1.82) is 0 Å². The van der Waals surface area contributed by atoms with Crippen LogP contribution in [0.5, 0.6) is 0 Å². The summed E-state index contributed by atoms with van der Waals surface area (Å²) in [6.45, 7) is 2.02. The molecule has 1 saturated heterocycles. The summed E-state index contributed by atoms with van der Waals surface area (Å²) in [5.74, 6) is -0.343. The Bertz CT molecular complexity index is 1250. The van der Waals surface area contributed by atoms with Crippen LogP contribution in [0.3, 0.4) is 0 Å². The van der Waals surface area contributed by atoms with Gasteiger partial charge in [0.05, 0.1) is 35.1 Å². The van der Waals surface area contributed by atoms with Crippen molar-refractivity contribution in [1.82, 2.24) is 19.9 Å². The van der Waals surface area contributed by atoms with E-state index < -0.39 is 0 Å². The van der Waals surface area contributed by atoms with Crippen molar-refractivity contribution in [3.05, 3.63) is 65.8 Å². The first kappa shape index (κ1) is 20.0. The number of hydrogen-bond donors (Lipinski definition) is 1. The van der Waals surface area contributed by atoms with Crippen LogP contribution in [0.25, 0.3) is 33.4 Å². The first-order valence-corrected chi connectivity index (χ1v) is 10.7. The normalized spacial score (nSPS) is 16.5. The third-order valence-corrected chi connectivity index (χ3v) is 6.27. The Labute approximate surface area is 185 Å². The van der Waals surface area contributed by atoms with Gasteiger partial charge in [-0.2, -0.15) is 0 Å². The lowest BCUT2D eigenvalue weighted by molar-refractivity contribution is 0.315. The molecule has 1 atom stereocenters. The number of nitrogens with one attached hydrogen (secondary N) is 1. The maximum absolute atomic E-state index is 14.5. The molecule has 0 amide bonds. The van der Waals surface area contributed by atoms with Crippen LogP contribution in [0.15, 0.2) is 55.0 Å². The molecule has 0 saturated carbocycles. The molecular weight excluding hydrogens is 413 g/mol. The zero-order valence-corrected chi connectivity index (χ0v) is 18.2. The third-order valence-electron chi connectivity index (χ3n) is 6.04. The number of aromatic nitrogens is 3. The number of benzene rings is 2. The summed E-state index contributed by atoms with van der Waals surface area (Å²) < 4.78 is 14.5. The van der Waals surface area contributed by atoms with Crippen LogP contribution >= 0.6 is 11.6 Å². The van der Waals surface area contributed by atoms with Gasteiger partial charge in [-0.15, -0.1) is 0 Å². The Balaban J connectivity index is 1.53. The molecule has 0 spiro atoms. The summed E-state index contributed by atoms with van der Waals surface area (Å²) in [7, 11) is 4.26. The van der Waals surface area contributed by atoms with Gasteiger partial charge >= 0.3 is 0 Å². The molecule has 3 heterocycles. The lowest BCUT2D eigenvalue weighted by atomic mass is 10.0. The molecule has 4 aromatic rings. The molecule has 5 rings (SSSR count). The molecule has 0 unspecified atom stereocenters. The van der Waals surface area contributed by atoms with Gasteiger partial charge in [-0.3, -0.25) is 4.98 Å². The highest BCUT2D eigenvalue weighted by atomic mass is 35.5. The highest BCUT2D eigenvalue weighted by Gasteiger charge is 2.24. The lowest BCUT2D eigenvalue weighted by Gasteiger charge is -2.21. The van der Waals surface area contributed by atoms with Crippen molar-refractivity contribution in [3.8, 4) is 22.5 Å². The molecule has 2 aromatic heterocycles. The first-order chi connectivity index (χ1) is 15.0. The van der Waals surface area contributed by atoms with Gasteiger partial charge in [0, 0.05) is 40.7 Å². The average molecular weight is 436 g/mol. The van der Waals surface area contributed by atoms with Gasteiger partial charge in [-0.25, -0.2) is 9.37 Å². The van der Waals surface area contributed by atoms with E-state index in [-0.39, 0.29) is 5.82 Å². The summed E-state index contributed by atoms with van der Waals surface area (Å²) in [6.07, 6.45) is 4.67. The number of pyridine rings is 1. The van der Waals surface area contributed by atoms with Gasteiger partial charge in [0.1, 0.15) is 5.82 Å². The summed E-state index contributed by atoms with van der Waals surface area (Å²) in [5.41, 5.74) is 4.63. The van der Waals surface area contributed by atoms with Gasteiger partial charge in [0.15, 0.2) is 0 Å². The maximum atomic E-state index is 14.5. The maximum Gasteiger partial charge on any atom is 0.132 e. The fourth-order valence-corrected chi connectivity index (χ4v) is 4.42. The minimum Gasteiger partial charge on any atom is -0.369 e. The van der Waals surface area contributed by atoms with Crippen LogP contribution in [-0.2, 0) is 0 Å². The van der Waals surface area contributed by atoms with Crippen LogP contribution in [0, 0.1) is 5.82 Å². The van der Waals surface area contributed by atoms with E-state index in [1.165, 1.54) is 6.07 Å². The zero-order valence-electron chi connectivity index (χ0n) is 17.4. The molecule has 1 aliphatic heterocycles. The van der Waals surface area contributed by atoms with E-state index in [2.05, 4.69) is 51.0 Å². The van der Waals surface area contributed by atoms with Gasteiger partial charge in [0.2, 0.25) is 0 Å². The molecule has 1 fully saturated rings. The van der Waals surface area contributed by atoms with Crippen LogP contribution in [-0.4, -0.2) is 53.1 Å². The third kappa shape index (κ3) is 3.77. The highest BCUT2D eigenvalue weighted by Crippen LogP contribution is 2.34. The highest BCUT2D eigenvalue weighted by molar-refractivity contribution is 6.30. The van der Waals surface area contributed by atoms with Crippen molar-refractivity contribution in [2.75, 3.05) is 32.1 Å². The number of H-pyrrole nitrogens is 1. The second kappa shape index (κ2) is 7.94. The molecule has 0 aliphatic carbocycles. The van der Waals surface area contributed by atoms with E-state index in [1.54, 1.807) is 18.5 Å². The van der Waals surface area contributed by atoms with E-state index in [9.17, 15) is 4.39 Å². The van der Waals surface area contributed by atoms with Gasteiger partial charge in [0.25, 0.3) is 0 Å². The first-order valence-electron chi connectivity index (χ1n) is 10.3. The van der Waals surface area contributed by atoms with Crippen LogP contribution in [0.2, 0.25) is 5.02 Å². The van der Waals surface area contributed by atoms with E-state index in [4.69, 9.17) is 11.6 Å². The number of rotatable bonds is 4. The Morgan fingerprint density at radius 2 is 2.00 bits per heavy atom. The Hall–Kier alpha value is -2.96. The van der Waals surface area contributed by atoms with Crippen LogP contribution < -0.4 is 4.90 Å². The van der Waals surface area contributed by atoms with E-state index in [0.717, 1.165) is 41.7 Å². The fraction of sp³-hybridized carbons (Fsp3) is 0.250. The number of aromatic amines is 1. The standard InChI is InChI=1S/C24H23ClFN5/c1-30(2)18-7-8-31(13-18)19-10-16-9-15(3-6-22(16)27-12-19)23-24(29-14-28-23)20-11-17(25)4-5-21(20)26/h3-6,9-12,14,18H,7-8,13H2,1-2H3,(H,28,29)/t18-/m0/s1. The summed E-state index contributed by atoms with van der Waals surface area (Å²) in [5, 5.41) is 1.51. The van der Waals surface area contributed by atoms with Crippen molar-refractivity contribution in [2.24, 2.45) is 0 Å². The lowest BCUT2D eigenvalue weighted by Crippen LogP contribution is -2.31. The summed E-state index contributed by atoms with van der Waals surface area (Å²) in [6, 6.07) is 13.3. The average Bonchev–Trinajstić information content (AvgIpc) is 3.45. The number of nitrogens with zero attached hydrogens (tertiary/aromatic N) is 4. The minimum atomic E-state index is -0.343. The van der Waals surface area contributed by atoms with Gasteiger partial charge < -0.3 is 14.8 Å². The summed E-state index contributed by atoms with van der Waals surface area (Å²) >= 11 is 6.10. The predicted molar refractivity (Wildman–Crippen MR) is 124 cm³/mol. The predicted octanol–water partition coefficient (Wildman–Crippen LogP) is 5.22. The smallest absolute Gasteiger partial charge is 0.132 e. The number of hydrogen-bond acceptors (Lipinski definition) is 4. The number of halogens is 2. The number of imidazole rings is 1. The molecule has 31 heavy (non-hydrogen) atoms. The van der Waals surface area contributed by atoms with Crippen molar-refractivity contribution >= 4 is 28.2 Å². The quantitative estimate of drug-likeness (QED) is 0.477. The van der Waals surface area contributed by atoms with Crippen molar-refractivity contribution < 1.29 is 4.39 Å². The molecule has 1 aliphatic rings. The molecule has 1 N–H and O–H groups in total. The molecule has 5 nitrogen and oxygen atoms in total. The number of anilines is 1. The SMILES string of the molecule is CN(C)[C@H]1CCN(c2cnc3ccc(-c4nc[nH]c4-c4cc(Cl)ccc4F)cc3c2)C1. The monoisotopic (exact) mass is 435 g/mol. The Morgan fingerprint density at radius 1 is 1.13 bits per heavy atom. The molecule has 0 bridgehead atoms. The molecular formula is C24H23ClFN5. The molecule has 2 aromatic carbocycles. The second-order valence-corrected chi connectivity index (χ2v) is 8.64. The number of fused-ring (bicyclic) bond motifs is 1. The van der Waals surface area contributed by atoms with Crippen molar-refractivity contribution in [3.63, 3.8) is 0 Å². The van der Waals surface area contributed by atoms with E-state index in [0.29, 0.717) is 28.0 Å². The molecule has 7 heteroatoms. The largest absolute Gasteiger partial charge is 0.369 e. The summed E-state index contributed by atoms with van der Waals surface area (Å²) in [4.78, 5) is 16.9. The zero-order chi connectivity index (χ0) is 21.5. The second-order valence-electron chi connectivity index (χ2n) is 8.20. The van der Waals surface area contributed by atoms with Crippen LogP contribution in [0.4, 0.5) is 10.1 Å². The topological polar surface area (TPSA) is 48.1 Å². The van der Waals surface area contributed by atoms with E-state index >= 15 is 0 Å². The molecule has 158 valence electrons. The number of likely N-dealkylation sites (N-methyl/N-ethyl adjacent to an activating group) is 1. The van der Waals surface area contributed by atoms with Crippen LogP contribution in [0.1, 0.15) is 6.42 Å². The van der Waals surface area contributed by atoms with Crippen molar-refractivity contribution in [2.45, 2.75) is 12.5 Å². The molecule has 0 radical (unpaired) electrons. The Kier molecular flexibility index (Phi) is 5.12. The van der Waals surface area contributed by atoms with E-state index in [1.807, 2.05) is 18.3 Å². The Morgan fingerprint density at radius 3 is 2.81 bits per heavy atom. The fourth-order valence-electron chi connectivity index (χ4n) is 4.25. The van der Waals surface area contributed by atoms with Gasteiger partial charge in [-0.1, -0.05) is 17.7 Å². The minimum absolute atomic E-state index is 0.343. The van der Waals surface area contributed by atoms with Gasteiger partial charge in [-0.05, 0) is 56.9 Å².